The lowest BCUT2D eigenvalue weighted by atomic mass is 9.86. The lowest BCUT2D eigenvalue weighted by molar-refractivity contribution is -0.153. The van der Waals surface area contributed by atoms with Crippen LogP contribution in [0.25, 0.3) is 0 Å². The molecule has 4 atom stereocenters. The topological polar surface area (TPSA) is 101 Å². The van der Waals surface area contributed by atoms with Crippen molar-refractivity contribution in [2.24, 2.45) is 11.8 Å². The van der Waals surface area contributed by atoms with Crippen molar-refractivity contribution in [3.63, 3.8) is 0 Å². The van der Waals surface area contributed by atoms with Crippen molar-refractivity contribution in [1.82, 2.24) is 0 Å². The van der Waals surface area contributed by atoms with Crippen LogP contribution in [0.2, 0.25) is 0 Å². The van der Waals surface area contributed by atoms with Crippen LogP contribution in [0.15, 0.2) is 12.2 Å². The molecule has 6 heteroatoms. The summed E-state index contributed by atoms with van der Waals surface area (Å²) < 4.78 is 4.69. The number of ketones is 2. The van der Waals surface area contributed by atoms with E-state index in [1.165, 1.54) is 0 Å². The van der Waals surface area contributed by atoms with Gasteiger partial charge in [0.15, 0.2) is 0 Å². The number of esters is 1. The van der Waals surface area contributed by atoms with E-state index >= 15 is 0 Å². The standard InChI is InChI=1S/C25H42O6/c1-4-7-16-25(30,5-2)17-12-14-20-19(22(27)18-23(20)28)13-10-8-9-11-15-21(26)24(29)31-6-3/h12,14,19-20,23,28,30H,4-11,13,15-18H2,1-3H3/t19-,20-,23-,25?/m1/s1. The van der Waals surface area contributed by atoms with Crippen LogP contribution in [0.4, 0.5) is 0 Å². The molecule has 1 unspecified atom stereocenters. The van der Waals surface area contributed by atoms with Crippen LogP contribution in [0.5, 0.6) is 0 Å². The van der Waals surface area contributed by atoms with Crippen molar-refractivity contribution in [2.45, 2.75) is 110 Å². The fourth-order valence-electron chi connectivity index (χ4n) is 4.28. The summed E-state index contributed by atoms with van der Waals surface area (Å²) >= 11 is 0. The molecule has 0 radical (unpaired) electrons. The third kappa shape index (κ3) is 9.65. The first kappa shape index (κ1) is 27.5. The second kappa shape index (κ2) is 14.5. The average Bonchev–Trinajstić information content (AvgIpc) is 3.01. The number of carbonyl (C=O) groups excluding carboxylic acids is 3. The van der Waals surface area contributed by atoms with Crippen LogP contribution < -0.4 is 0 Å². The van der Waals surface area contributed by atoms with Crippen LogP contribution in [0.1, 0.15) is 97.8 Å². The maximum absolute atomic E-state index is 12.4. The van der Waals surface area contributed by atoms with Crippen molar-refractivity contribution in [3.8, 4) is 0 Å². The number of hydrogen-bond donors (Lipinski definition) is 2. The first-order chi connectivity index (χ1) is 14.8. The predicted molar refractivity (Wildman–Crippen MR) is 120 cm³/mol. The number of aliphatic hydroxyl groups is 2. The molecule has 0 aliphatic heterocycles. The Morgan fingerprint density at radius 2 is 1.84 bits per heavy atom. The molecule has 0 amide bonds. The van der Waals surface area contributed by atoms with Gasteiger partial charge in [0, 0.05) is 24.7 Å². The van der Waals surface area contributed by atoms with Crippen molar-refractivity contribution in [1.29, 1.82) is 0 Å². The molecule has 31 heavy (non-hydrogen) atoms. The Balaban J connectivity index is 2.43. The van der Waals surface area contributed by atoms with E-state index < -0.39 is 23.5 Å². The van der Waals surface area contributed by atoms with Crippen LogP contribution in [0, 0.1) is 11.8 Å². The van der Waals surface area contributed by atoms with Crippen molar-refractivity contribution < 1.29 is 29.3 Å². The maximum Gasteiger partial charge on any atom is 0.374 e. The second-order valence-corrected chi connectivity index (χ2v) is 8.83. The minimum atomic E-state index is -0.757. The quantitative estimate of drug-likeness (QED) is 0.161. The van der Waals surface area contributed by atoms with E-state index in [9.17, 15) is 24.6 Å². The molecule has 0 bridgehead atoms. The molecule has 1 saturated carbocycles. The van der Waals surface area contributed by atoms with E-state index in [-0.39, 0.29) is 37.1 Å². The minimum absolute atomic E-state index is 0.108. The number of hydrogen-bond acceptors (Lipinski definition) is 6. The molecular weight excluding hydrogens is 396 g/mol. The van der Waals surface area contributed by atoms with Crippen LogP contribution in [-0.2, 0) is 19.1 Å². The Bertz CT molecular complexity index is 599. The zero-order valence-corrected chi connectivity index (χ0v) is 19.6. The lowest BCUT2D eigenvalue weighted by Crippen LogP contribution is -2.27. The molecule has 0 aromatic carbocycles. The summed E-state index contributed by atoms with van der Waals surface area (Å²) in [6, 6.07) is 0. The lowest BCUT2D eigenvalue weighted by Gasteiger charge is -2.25. The first-order valence-electron chi connectivity index (χ1n) is 12.1. The third-order valence-corrected chi connectivity index (χ3v) is 6.41. The van der Waals surface area contributed by atoms with Gasteiger partial charge in [0.1, 0.15) is 5.78 Å². The SMILES string of the molecule is CCCCC(O)(CC)CC=C[C@H]1[C@H](O)CC(=O)[C@@H]1CCCCCCC(=O)C(=O)OCC. The summed E-state index contributed by atoms with van der Waals surface area (Å²) in [5.74, 6) is -1.50. The number of aliphatic hydroxyl groups excluding tert-OH is 1. The predicted octanol–water partition coefficient (Wildman–Crippen LogP) is 4.30. The Labute approximate surface area is 187 Å². The van der Waals surface area contributed by atoms with Crippen LogP contribution >= 0.6 is 0 Å². The Kier molecular flexibility index (Phi) is 12.9. The summed E-state index contributed by atoms with van der Waals surface area (Å²) in [4.78, 5) is 35.2. The summed E-state index contributed by atoms with van der Waals surface area (Å²) in [5.41, 5.74) is -0.712. The van der Waals surface area contributed by atoms with Gasteiger partial charge in [0.2, 0.25) is 5.78 Å². The van der Waals surface area contributed by atoms with E-state index in [0.717, 1.165) is 38.5 Å². The van der Waals surface area contributed by atoms with Gasteiger partial charge in [-0.05, 0) is 39.0 Å². The van der Waals surface area contributed by atoms with Gasteiger partial charge in [-0.3, -0.25) is 9.59 Å². The van der Waals surface area contributed by atoms with Gasteiger partial charge in [0.25, 0.3) is 0 Å². The van der Waals surface area contributed by atoms with Crippen molar-refractivity contribution in [3.05, 3.63) is 12.2 Å². The highest BCUT2D eigenvalue weighted by molar-refractivity contribution is 6.33. The zero-order chi connectivity index (χ0) is 23.3. The van der Waals surface area contributed by atoms with Crippen LogP contribution in [-0.4, -0.2) is 46.1 Å². The molecular formula is C25H42O6. The Hall–Kier alpha value is -1.53. The van der Waals surface area contributed by atoms with Gasteiger partial charge in [-0.1, -0.05) is 58.1 Å². The number of carbonyl (C=O) groups is 3. The monoisotopic (exact) mass is 438 g/mol. The number of unbranched alkanes of at least 4 members (excludes halogenated alkanes) is 4. The van der Waals surface area contributed by atoms with Gasteiger partial charge in [-0.25, -0.2) is 4.79 Å². The number of rotatable bonds is 16. The summed E-state index contributed by atoms with van der Waals surface area (Å²) in [6.07, 6.45) is 11.5. The summed E-state index contributed by atoms with van der Waals surface area (Å²) in [5, 5.41) is 21.0. The van der Waals surface area contributed by atoms with E-state index in [1.807, 2.05) is 19.1 Å². The third-order valence-electron chi connectivity index (χ3n) is 6.41. The molecule has 6 nitrogen and oxygen atoms in total. The number of ether oxygens (including phenoxy) is 1. The fourth-order valence-corrected chi connectivity index (χ4v) is 4.28. The highest BCUT2D eigenvalue weighted by Crippen LogP contribution is 2.35. The molecule has 178 valence electrons. The van der Waals surface area contributed by atoms with E-state index in [0.29, 0.717) is 25.7 Å². The summed E-state index contributed by atoms with van der Waals surface area (Å²) in [6.45, 7) is 5.97. The minimum Gasteiger partial charge on any atom is -0.460 e. The average molecular weight is 439 g/mol. The number of Topliss-reactive ketones (excluding diaryl/α,β-unsaturated/α-hetero) is 2. The van der Waals surface area contributed by atoms with Gasteiger partial charge in [-0.2, -0.15) is 0 Å². The van der Waals surface area contributed by atoms with Gasteiger partial charge in [0.05, 0.1) is 18.3 Å². The van der Waals surface area contributed by atoms with Gasteiger partial charge in [-0.15, -0.1) is 0 Å². The normalized spacial score (nSPS) is 23.3. The summed E-state index contributed by atoms with van der Waals surface area (Å²) in [7, 11) is 0. The second-order valence-electron chi connectivity index (χ2n) is 8.83. The van der Waals surface area contributed by atoms with Crippen molar-refractivity contribution in [2.75, 3.05) is 6.61 Å². The van der Waals surface area contributed by atoms with E-state index in [2.05, 4.69) is 6.92 Å². The molecule has 1 fully saturated rings. The molecule has 1 rings (SSSR count). The molecule has 2 N–H and O–H groups in total. The first-order valence-corrected chi connectivity index (χ1v) is 12.1. The van der Waals surface area contributed by atoms with Gasteiger partial charge < -0.3 is 14.9 Å². The molecule has 1 aliphatic rings. The van der Waals surface area contributed by atoms with Crippen molar-refractivity contribution >= 4 is 17.5 Å². The Morgan fingerprint density at radius 1 is 1.13 bits per heavy atom. The highest BCUT2D eigenvalue weighted by Gasteiger charge is 2.39. The molecule has 0 aromatic heterocycles. The Morgan fingerprint density at radius 3 is 2.48 bits per heavy atom. The zero-order valence-electron chi connectivity index (χ0n) is 19.6. The van der Waals surface area contributed by atoms with E-state index in [1.54, 1.807) is 6.92 Å². The highest BCUT2D eigenvalue weighted by atomic mass is 16.5. The fraction of sp³-hybridized carbons (Fsp3) is 0.800. The molecule has 0 spiro atoms. The molecule has 0 saturated heterocycles. The van der Waals surface area contributed by atoms with Gasteiger partial charge >= 0.3 is 5.97 Å². The largest absolute Gasteiger partial charge is 0.460 e. The maximum atomic E-state index is 12.4. The molecule has 1 aliphatic carbocycles. The van der Waals surface area contributed by atoms with E-state index in [4.69, 9.17) is 4.74 Å². The molecule has 0 aromatic rings. The molecule has 0 heterocycles. The smallest absolute Gasteiger partial charge is 0.374 e. The van der Waals surface area contributed by atoms with Crippen LogP contribution in [0.3, 0.4) is 0 Å².